The van der Waals surface area contributed by atoms with E-state index in [4.69, 9.17) is 23.2 Å². The van der Waals surface area contributed by atoms with Crippen molar-refractivity contribution in [2.24, 2.45) is 0 Å². The predicted octanol–water partition coefficient (Wildman–Crippen LogP) is 3.14. The lowest BCUT2D eigenvalue weighted by Crippen LogP contribution is -2.42. The fraction of sp³-hybridized carbons (Fsp3) is 0.571. The van der Waals surface area contributed by atoms with Gasteiger partial charge in [0.1, 0.15) is 0 Å². The Morgan fingerprint density at radius 2 is 2.11 bits per heavy atom. The maximum atomic E-state index is 10.9. The third-order valence-corrected chi connectivity index (χ3v) is 5.05. The third kappa shape index (κ3) is 2.16. The molecule has 0 aromatic heterocycles. The highest BCUT2D eigenvalue weighted by molar-refractivity contribution is 6.42. The van der Waals surface area contributed by atoms with Crippen molar-refractivity contribution in [3.05, 3.63) is 33.8 Å². The van der Waals surface area contributed by atoms with Crippen LogP contribution in [0.4, 0.5) is 0 Å². The average molecular weight is 286 g/mol. The minimum atomic E-state index is -0.590. The van der Waals surface area contributed by atoms with Crippen LogP contribution in [0.15, 0.2) is 18.2 Å². The number of aliphatic hydroxyl groups is 1. The van der Waals surface area contributed by atoms with Gasteiger partial charge in [-0.2, -0.15) is 0 Å². The Morgan fingerprint density at radius 3 is 2.89 bits per heavy atom. The molecule has 18 heavy (non-hydrogen) atoms. The summed E-state index contributed by atoms with van der Waals surface area (Å²) in [5.74, 6) is 0. The van der Waals surface area contributed by atoms with E-state index in [0.717, 1.165) is 31.5 Å². The summed E-state index contributed by atoms with van der Waals surface area (Å²) in [4.78, 5) is 2.41. The van der Waals surface area contributed by atoms with Crippen LogP contribution in [0.2, 0.25) is 10.0 Å². The standard InChI is InChI=1S/C14H17Cl2NO/c15-11-4-3-10(8-12(11)16)9-14(18)5-7-17-6-1-2-13(14)17/h3-4,8,13,18H,1-2,5-7,9H2. The van der Waals surface area contributed by atoms with Crippen LogP contribution in [0.3, 0.4) is 0 Å². The van der Waals surface area contributed by atoms with Gasteiger partial charge < -0.3 is 5.11 Å². The molecule has 1 N–H and O–H groups in total. The van der Waals surface area contributed by atoms with Crippen LogP contribution in [-0.2, 0) is 6.42 Å². The molecule has 2 nitrogen and oxygen atoms in total. The first-order chi connectivity index (χ1) is 8.58. The SMILES string of the molecule is OC1(Cc2ccc(Cl)c(Cl)c2)CCN2CCCC21. The second-order valence-electron chi connectivity index (χ2n) is 5.47. The van der Waals surface area contributed by atoms with Gasteiger partial charge in [-0.1, -0.05) is 29.3 Å². The van der Waals surface area contributed by atoms with Crippen LogP contribution in [0.25, 0.3) is 0 Å². The Morgan fingerprint density at radius 1 is 1.28 bits per heavy atom. The average Bonchev–Trinajstić information content (AvgIpc) is 2.90. The number of rotatable bonds is 2. The Hall–Kier alpha value is -0.280. The number of benzene rings is 1. The molecule has 2 heterocycles. The molecule has 2 unspecified atom stereocenters. The lowest BCUT2D eigenvalue weighted by atomic mass is 9.86. The molecule has 1 aromatic carbocycles. The monoisotopic (exact) mass is 285 g/mol. The van der Waals surface area contributed by atoms with E-state index in [1.54, 1.807) is 0 Å². The summed E-state index contributed by atoms with van der Waals surface area (Å²) in [6.07, 6.45) is 3.84. The van der Waals surface area contributed by atoms with Gasteiger partial charge in [0, 0.05) is 19.0 Å². The van der Waals surface area contributed by atoms with Crippen molar-refractivity contribution in [1.29, 1.82) is 0 Å². The fourth-order valence-electron chi connectivity index (χ4n) is 3.42. The summed E-state index contributed by atoms with van der Waals surface area (Å²) < 4.78 is 0. The van der Waals surface area contributed by atoms with Gasteiger partial charge in [0.15, 0.2) is 0 Å². The van der Waals surface area contributed by atoms with Gasteiger partial charge in [-0.15, -0.1) is 0 Å². The van der Waals surface area contributed by atoms with Crippen LogP contribution in [-0.4, -0.2) is 34.7 Å². The van der Waals surface area contributed by atoms with Crippen molar-refractivity contribution in [2.75, 3.05) is 13.1 Å². The number of fused-ring (bicyclic) bond motifs is 1. The van der Waals surface area contributed by atoms with Crippen LogP contribution < -0.4 is 0 Å². The van der Waals surface area contributed by atoms with Crippen molar-refractivity contribution >= 4 is 23.2 Å². The normalized spacial score (nSPS) is 31.8. The highest BCUT2D eigenvalue weighted by Crippen LogP contribution is 2.38. The molecule has 0 saturated carbocycles. The van der Waals surface area contributed by atoms with Gasteiger partial charge in [0.25, 0.3) is 0 Å². The number of hydrogen-bond acceptors (Lipinski definition) is 2. The molecule has 98 valence electrons. The second-order valence-corrected chi connectivity index (χ2v) is 6.29. The van der Waals surface area contributed by atoms with E-state index in [1.165, 1.54) is 6.42 Å². The van der Waals surface area contributed by atoms with E-state index in [2.05, 4.69) is 4.90 Å². The lowest BCUT2D eigenvalue weighted by molar-refractivity contribution is 0.0141. The van der Waals surface area contributed by atoms with E-state index in [0.29, 0.717) is 22.5 Å². The minimum absolute atomic E-state index is 0.326. The molecule has 3 rings (SSSR count). The van der Waals surface area contributed by atoms with E-state index in [-0.39, 0.29) is 0 Å². The Bertz CT molecular complexity index is 465. The quantitative estimate of drug-likeness (QED) is 0.903. The molecule has 2 aliphatic rings. The summed E-state index contributed by atoms with van der Waals surface area (Å²) >= 11 is 12.0. The largest absolute Gasteiger partial charge is 0.388 e. The smallest absolute Gasteiger partial charge is 0.0854 e. The van der Waals surface area contributed by atoms with Crippen LogP contribution in [0.1, 0.15) is 24.8 Å². The summed E-state index contributed by atoms with van der Waals surface area (Å²) in [6, 6.07) is 5.97. The Kier molecular flexibility index (Phi) is 3.31. The van der Waals surface area contributed by atoms with Gasteiger partial charge in [0.2, 0.25) is 0 Å². The molecule has 2 aliphatic heterocycles. The summed E-state index contributed by atoms with van der Waals surface area (Å²) in [6.45, 7) is 2.15. The van der Waals surface area contributed by atoms with Gasteiger partial charge in [-0.25, -0.2) is 0 Å². The van der Waals surface area contributed by atoms with Gasteiger partial charge in [0.05, 0.1) is 15.6 Å². The van der Waals surface area contributed by atoms with Crippen molar-refractivity contribution < 1.29 is 5.11 Å². The molecule has 1 aromatic rings. The third-order valence-electron chi connectivity index (χ3n) is 4.31. The molecule has 2 atom stereocenters. The highest BCUT2D eigenvalue weighted by atomic mass is 35.5. The molecule has 0 bridgehead atoms. The zero-order chi connectivity index (χ0) is 12.8. The molecular formula is C14H17Cl2NO. The van der Waals surface area contributed by atoms with Crippen molar-refractivity contribution in [3.8, 4) is 0 Å². The molecule has 0 aliphatic carbocycles. The zero-order valence-corrected chi connectivity index (χ0v) is 11.7. The van der Waals surface area contributed by atoms with Gasteiger partial charge in [-0.05, 0) is 43.5 Å². The molecule has 2 saturated heterocycles. The van der Waals surface area contributed by atoms with Crippen LogP contribution in [0, 0.1) is 0 Å². The van der Waals surface area contributed by atoms with Gasteiger partial charge >= 0.3 is 0 Å². The fourth-order valence-corrected chi connectivity index (χ4v) is 3.74. The van der Waals surface area contributed by atoms with E-state index < -0.39 is 5.60 Å². The molecule has 2 fully saturated rings. The molecule has 0 radical (unpaired) electrons. The first-order valence-corrected chi connectivity index (χ1v) is 7.24. The number of hydrogen-bond donors (Lipinski definition) is 1. The van der Waals surface area contributed by atoms with E-state index in [9.17, 15) is 5.11 Å². The van der Waals surface area contributed by atoms with Crippen molar-refractivity contribution in [2.45, 2.75) is 37.3 Å². The topological polar surface area (TPSA) is 23.5 Å². The van der Waals surface area contributed by atoms with Gasteiger partial charge in [-0.3, -0.25) is 4.90 Å². The number of halogens is 2. The molecule has 0 spiro atoms. The first kappa shape index (κ1) is 12.7. The lowest BCUT2D eigenvalue weighted by Gasteiger charge is -2.30. The predicted molar refractivity (Wildman–Crippen MR) is 74.3 cm³/mol. The molecule has 4 heteroatoms. The maximum Gasteiger partial charge on any atom is 0.0854 e. The van der Waals surface area contributed by atoms with Crippen LogP contribution >= 0.6 is 23.2 Å². The summed E-state index contributed by atoms with van der Waals surface area (Å²) in [5.41, 5.74) is 0.480. The summed E-state index contributed by atoms with van der Waals surface area (Å²) in [5, 5.41) is 12.0. The van der Waals surface area contributed by atoms with E-state index in [1.807, 2.05) is 18.2 Å². The highest BCUT2D eigenvalue weighted by Gasteiger charge is 2.47. The summed E-state index contributed by atoms with van der Waals surface area (Å²) in [7, 11) is 0. The Balaban J connectivity index is 1.81. The molecular weight excluding hydrogens is 269 g/mol. The first-order valence-electron chi connectivity index (χ1n) is 6.49. The number of nitrogens with zero attached hydrogens (tertiary/aromatic N) is 1. The molecule has 0 amide bonds. The van der Waals surface area contributed by atoms with Crippen LogP contribution in [0.5, 0.6) is 0 Å². The van der Waals surface area contributed by atoms with Crippen molar-refractivity contribution in [3.63, 3.8) is 0 Å². The van der Waals surface area contributed by atoms with Crippen molar-refractivity contribution in [1.82, 2.24) is 4.90 Å². The second kappa shape index (κ2) is 4.68. The van der Waals surface area contributed by atoms with E-state index >= 15 is 0 Å². The maximum absolute atomic E-state index is 10.9. The Labute approximate surface area is 117 Å². The minimum Gasteiger partial charge on any atom is -0.388 e. The zero-order valence-electron chi connectivity index (χ0n) is 10.2.